The molecule has 0 spiro atoms. The number of nitrogens with zero attached hydrogens (tertiary/aromatic N) is 3. The molecule has 2 aromatic carbocycles. The highest BCUT2D eigenvalue weighted by atomic mass is 16.5. The Balaban J connectivity index is 1.48. The molecule has 0 saturated carbocycles. The summed E-state index contributed by atoms with van der Waals surface area (Å²) in [5, 5.41) is 3.50. The molecule has 5 nitrogen and oxygen atoms in total. The van der Waals surface area contributed by atoms with Gasteiger partial charge in [0.15, 0.2) is 5.96 Å². The van der Waals surface area contributed by atoms with E-state index < -0.39 is 0 Å². The maximum atomic E-state index is 5.45. The fraction of sp³-hybridized carbons (Fsp3) is 0.409. The zero-order chi connectivity index (χ0) is 18.9. The summed E-state index contributed by atoms with van der Waals surface area (Å²) in [5.41, 5.74) is 3.76. The Morgan fingerprint density at radius 2 is 1.63 bits per heavy atom. The van der Waals surface area contributed by atoms with Crippen molar-refractivity contribution in [2.45, 2.75) is 20.1 Å². The van der Waals surface area contributed by atoms with Gasteiger partial charge in [-0.1, -0.05) is 42.5 Å². The first kappa shape index (κ1) is 19.2. The molecule has 2 aromatic rings. The quantitative estimate of drug-likeness (QED) is 0.630. The smallest absolute Gasteiger partial charge is 0.194 e. The van der Waals surface area contributed by atoms with E-state index in [-0.39, 0.29) is 0 Å². The molecule has 0 amide bonds. The number of ether oxygens (including phenoxy) is 1. The molecule has 0 radical (unpaired) electrons. The van der Waals surface area contributed by atoms with E-state index >= 15 is 0 Å². The molecule has 3 rings (SSSR count). The van der Waals surface area contributed by atoms with Crippen LogP contribution in [0.15, 0.2) is 59.6 Å². The van der Waals surface area contributed by atoms with Gasteiger partial charge < -0.3 is 19.9 Å². The number of guanidine groups is 1. The Hall–Kier alpha value is -2.53. The van der Waals surface area contributed by atoms with Crippen LogP contribution in [0, 0.1) is 0 Å². The van der Waals surface area contributed by atoms with Gasteiger partial charge in [0.1, 0.15) is 0 Å². The number of rotatable bonds is 6. The first-order chi connectivity index (χ1) is 13.3. The van der Waals surface area contributed by atoms with Crippen LogP contribution in [-0.2, 0) is 17.9 Å². The van der Waals surface area contributed by atoms with Crippen LogP contribution >= 0.6 is 0 Å². The molecule has 1 fully saturated rings. The minimum absolute atomic E-state index is 0.678. The third-order valence-corrected chi connectivity index (χ3v) is 4.86. The molecule has 0 aliphatic carbocycles. The summed E-state index contributed by atoms with van der Waals surface area (Å²) in [5.74, 6) is 0.973. The van der Waals surface area contributed by atoms with E-state index in [2.05, 4.69) is 74.7 Å². The van der Waals surface area contributed by atoms with Crippen molar-refractivity contribution in [3.8, 4) is 0 Å². The fourth-order valence-corrected chi connectivity index (χ4v) is 3.30. The topological polar surface area (TPSA) is 40.1 Å². The molecule has 1 aliphatic rings. The van der Waals surface area contributed by atoms with Gasteiger partial charge in [0.05, 0.1) is 6.61 Å². The predicted molar refractivity (Wildman–Crippen MR) is 112 cm³/mol. The zero-order valence-corrected chi connectivity index (χ0v) is 16.4. The molecule has 1 aliphatic heterocycles. The van der Waals surface area contributed by atoms with E-state index in [0.717, 1.165) is 45.3 Å². The van der Waals surface area contributed by atoms with E-state index in [0.29, 0.717) is 6.61 Å². The van der Waals surface area contributed by atoms with Gasteiger partial charge >= 0.3 is 0 Å². The average molecular weight is 367 g/mol. The molecule has 5 heteroatoms. The first-order valence-electron chi connectivity index (χ1n) is 9.71. The summed E-state index contributed by atoms with van der Waals surface area (Å²) in [4.78, 5) is 9.24. The Kier molecular flexibility index (Phi) is 7.11. The Morgan fingerprint density at radius 1 is 0.963 bits per heavy atom. The average Bonchev–Trinajstić information content (AvgIpc) is 2.74. The van der Waals surface area contributed by atoms with Gasteiger partial charge in [0.25, 0.3) is 0 Å². The summed E-state index contributed by atoms with van der Waals surface area (Å²) in [6.07, 6.45) is 0. The highest BCUT2D eigenvalue weighted by Gasteiger charge is 2.19. The Labute approximate surface area is 162 Å². The highest BCUT2D eigenvalue weighted by molar-refractivity contribution is 5.80. The van der Waals surface area contributed by atoms with E-state index in [1.54, 1.807) is 0 Å². The molecule has 1 saturated heterocycles. The lowest BCUT2D eigenvalue weighted by Crippen LogP contribution is -2.52. The highest BCUT2D eigenvalue weighted by Crippen LogP contribution is 2.15. The number of hydrogen-bond acceptors (Lipinski definition) is 3. The summed E-state index contributed by atoms with van der Waals surface area (Å²) in [7, 11) is 1.86. The van der Waals surface area contributed by atoms with Crippen LogP contribution in [0.5, 0.6) is 0 Å². The van der Waals surface area contributed by atoms with Crippen molar-refractivity contribution in [3.63, 3.8) is 0 Å². The van der Waals surface area contributed by atoms with Crippen molar-refractivity contribution in [2.75, 3.05) is 44.7 Å². The monoisotopic (exact) mass is 366 g/mol. The molecule has 0 atom stereocenters. The van der Waals surface area contributed by atoms with Crippen molar-refractivity contribution in [1.29, 1.82) is 0 Å². The Morgan fingerprint density at radius 3 is 2.26 bits per heavy atom. The van der Waals surface area contributed by atoms with Crippen molar-refractivity contribution in [1.82, 2.24) is 10.2 Å². The summed E-state index contributed by atoms with van der Waals surface area (Å²) >= 11 is 0. The van der Waals surface area contributed by atoms with E-state index in [1.165, 1.54) is 16.8 Å². The first-order valence-corrected chi connectivity index (χ1v) is 9.71. The number of nitrogens with one attached hydrogen (secondary N) is 1. The standard InChI is InChI=1S/C22H30N4O/c1-3-27-18-20-11-9-19(10-12-20)17-24-22(23-2)26-15-13-25(14-16-26)21-7-5-4-6-8-21/h4-12H,3,13-18H2,1-2H3,(H,23,24). The van der Waals surface area contributed by atoms with Gasteiger partial charge in [0.2, 0.25) is 0 Å². The maximum Gasteiger partial charge on any atom is 0.194 e. The summed E-state index contributed by atoms with van der Waals surface area (Å²) < 4.78 is 5.45. The molecule has 1 heterocycles. The Bertz CT molecular complexity index is 707. The number of aliphatic imine (C=N–C) groups is 1. The zero-order valence-electron chi connectivity index (χ0n) is 16.4. The van der Waals surface area contributed by atoms with E-state index in [1.807, 2.05) is 14.0 Å². The number of para-hydroxylation sites is 1. The van der Waals surface area contributed by atoms with Crippen molar-refractivity contribution in [2.24, 2.45) is 4.99 Å². The van der Waals surface area contributed by atoms with Crippen LogP contribution in [0.3, 0.4) is 0 Å². The fourth-order valence-electron chi connectivity index (χ4n) is 3.30. The van der Waals surface area contributed by atoms with Crippen LogP contribution in [0.25, 0.3) is 0 Å². The summed E-state index contributed by atoms with van der Waals surface area (Å²) in [6.45, 7) is 8.19. The lowest BCUT2D eigenvalue weighted by molar-refractivity contribution is 0.134. The maximum absolute atomic E-state index is 5.45. The minimum atomic E-state index is 0.678. The molecule has 1 N–H and O–H groups in total. The van der Waals surface area contributed by atoms with Crippen molar-refractivity contribution < 1.29 is 4.74 Å². The predicted octanol–water partition coefficient (Wildman–Crippen LogP) is 3.12. The van der Waals surface area contributed by atoms with Gasteiger partial charge in [-0.3, -0.25) is 4.99 Å². The van der Waals surface area contributed by atoms with Crippen LogP contribution in [-0.4, -0.2) is 50.7 Å². The molecule has 0 unspecified atom stereocenters. The molecule has 0 aromatic heterocycles. The van der Waals surface area contributed by atoms with Crippen LogP contribution in [0.2, 0.25) is 0 Å². The van der Waals surface area contributed by atoms with Crippen LogP contribution < -0.4 is 10.2 Å². The number of benzene rings is 2. The lowest BCUT2D eigenvalue weighted by atomic mass is 10.1. The van der Waals surface area contributed by atoms with Crippen molar-refractivity contribution >= 4 is 11.6 Å². The van der Waals surface area contributed by atoms with Crippen LogP contribution in [0.1, 0.15) is 18.1 Å². The molecule has 0 bridgehead atoms. The second-order valence-corrected chi connectivity index (χ2v) is 6.66. The van der Waals surface area contributed by atoms with Gasteiger partial charge in [-0.15, -0.1) is 0 Å². The second-order valence-electron chi connectivity index (χ2n) is 6.66. The van der Waals surface area contributed by atoms with Crippen molar-refractivity contribution in [3.05, 3.63) is 65.7 Å². The third-order valence-electron chi connectivity index (χ3n) is 4.86. The molecule has 144 valence electrons. The largest absolute Gasteiger partial charge is 0.377 e. The number of anilines is 1. The SMILES string of the molecule is CCOCc1ccc(CNC(=NC)N2CCN(c3ccccc3)CC2)cc1. The van der Waals surface area contributed by atoms with Gasteiger partial charge in [0, 0.05) is 52.1 Å². The lowest BCUT2D eigenvalue weighted by Gasteiger charge is -2.37. The van der Waals surface area contributed by atoms with Gasteiger partial charge in [-0.25, -0.2) is 0 Å². The normalized spacial score (nSPS) is 15.1. The molecular formula is C22H30N4O. The number of hydrogen-bond donors (Lipinski definition) is 1. The van der Waals surface area contributed by atoms with Gasteiger partial charge in [-0.05, 0) is 30.2 Å². The molecular weight excluding hydrogens is 336 g/mol. The van der Waals surface area contributed by atoms with Gasteiger partial charge in [-0.2, -0.15) is 0 Å². The van der Waals surface area contributed by atoms with E-state index in [9.17, 15) is 0 Å². The minimum Gasteiger partial charge on any atom is -0.377 e. The van der Waals surface area contributed by atoms with E-state index in [4.69, 9.17) is 4.74 Å². The third kappa shape index (κ3) is 5.47. The summed E-state index contributed by atoms with van der Waals surface area (Å²) in [6, 6.07) is 19.2. The second kappa shape index (κ2) is 9.97. The molecule has 27 heavy (non-hydrogen) atoms. The number of piperazine rings is 1. The van der Waals surface area contributed by atoms with Crippen LogP contribution in [0.4, 0.5) is 5.69 Å².